The van der Waals surface area contributed by atoms with Crippen molar-refractivity contribution >= 4 is 40.9 Å². The molecule has 4 amide bonds. The standard InChI is InChI=1S/C18H16N2O3S/c1-10-6-11(2)8-13(7-10)20-17(22)14(16(21)19-18(20)23)9-15-12(3)4-5-24-15/h4-9H,1-3H3,(H,19,21,23). The lowest BCUT2D eigenvalue weighted by Crippen LogP contribution is -2.54. The Bertz CT molecular complexity index is 875. The van der Waals surface area contributed by atoms with Crippen LogP contribution in [0.2, 0.25) is 0 Å². The monoisotopic (exact) mass is 340 g/mol. The number of nitrogens with one attached hydrogen (secondary N) is 1. The van der Waals surface area contributed by atoms with Crippen LogP contribution in [-0.2, 0) is 9.59 Å². The summed E-state index contributed by atoms with van der Waals surface area (Å²) in [5, 5.41) is 4.13. The predicted octanol–water partition coefficient (Wildman–Crippen LogP) is 3.34. The molecular formula is C18H16N2O3S. The first-order valence-corrected chi connectivity index (χ1v) is 8.28. The number of anilines is 1. The van der Waals surface area contributed by atoms with Crippen LogP contribution in [0.15, 0.2) is 35.2 Å². The fraction of sp³-hybridized carbons (Fsp3) is 0.167. The maximum absolute atomic E-state index is 12.8. The number of urea groups is 1. The SMILES string of the molecule is Cc1cc(C)cc(N2C(=O)NC(=O)C(=Cc3sccc3C)C2=O)c1. The number of imide groups is 2. The molecule has 24 heavy (non-hydrogen) atoms. The van der Waals surface area contributed by atoms with E-state index >= 15 is 0 Å². The molecule has 1 aromatic heterocycles. The quantitative estimate of drug-likeness (QED) is 0.673. The third-order valence-corrected chi connectivity index (χ3v) is 4.71. The van der Waals surface area contributed by atoms with E-state index in [1.54, 1.807) is 18.2 Å². The van der Waals surface area contributed by atoms with Gasteiger partial charge < -0.3 is 0 Å². The molecule has 0 unspecified atom stereocenters. The lowest BCUT2D eigenvalue weighted by Gasteiger charge is -2.26. The summed E-state index contributed by atoms with van der Waals surface area (Å²) in [5.74, 6) is -1.28. The predicted molar refractivity (Wildman–Crippen MR) is 94.0 cm³/mol. The van der Waals surface area contributed by atoms with Crippen molar-refractivity contribution in [2.75, 3.05) is 4.90 Å². The van der Waals surface area contributed by atoms with Crippen molar-refractivity contribution in [1.29, 1.82) is 0 Å². The number of rotatable bonds is 2. The van der Waals surface area contributed by atoms with Gasteiger partial charge in [-0.2, -0.15) is 0 Å². The van der Waals surface area contributed by atoms with Crippen LogP contribution in [0.4, 0.5) is 10.5 Å². The number of thiophene rings is 1. The summed E-state index contributed by atoms with van der Waals surface area (Å²) in [6.07, 6.45) is 1.54. The van der Waals surface area contributed by atoms with E-state index in [0.29, 0.717) is 5.69 Å². The third-order valence-electron chi connectivity index (χ3n) is 3.74. The smallest absolute Gasteiger partial charge is 0.273 e. The highest BCUT2D eigenvalue weighted by Gasteiger charge is 2.37. The van der Waals surface area contributed by atoms with Crippen LogP contribution in [0.1, 0.15) is 21.6 Å². The molecular weight excluding hydrogens is 324 g/mol. The highest BCUT2D eigenvalue weighted by molar-refractivity contribution is 7.11. The first-order chi connectivity index (χ1) is 11.4. The lowest BCUT2D eigenvalue weighted by atomic mass is 10.1. The molecule has 3 rings (SSSR count). The molecule has 1 saturated heterocycles. The number of nitrogens with zero attached hydrogens (tertiary/aromatic N) is 1. The normalized spacial score (nSPS) is 16.7. The second-order valence-corrected chi connectivity index (χ2v) is 6.72. The molecule has 0 spiro atoms. The van der Waals surface area contributed by atoms with Gasteiger partial charge in [-0.3, -0.25) is 14.9 Å². The van der Waals surface area contributed by atoms with E-state index in [1.807, 2.05) is 38.3 Å². The summed E-state index contributed by atoms with van der Waals surface area (Å²) in [7, 11) is 0. The maximum Gasteiger partial charge on any atom is 0.335 e. The molecule has 0 aliphatic carbocycles. The van der Waals surface area contributed by atoms with Crippen molar-refractivity contribution in [3.63, 3.8) is 0 Å². The van der Waals surface area contributed by atoms with E-state index in [9.17, 15) is 14.4 Å². The molecule has 1 N–H and O–H groups in total. The lowest BCUT2D eigenvalue weighted by molar-refractivity contribution is -0.122. The molecule has 0 bridgehead atoms. The average molecular weight is 340 g/mol. The Hall–Kier alpha value is -2.73. The first kappa shape index (κ1) is 16.1. The number of hydrogen-bond acceptors (Lipinski definition) is 4. The van der Waals surface area contributed by atoms with E-state index in [0.717, 1.165) is 26.5 Å². The van der Waals surface area contributed by atoms with Gasteiger partial charge in [-0.05, 0) is 67.1 Å². The Morgan fingerprint density at radius 3 is 2.29 bits per heavy atom. The molecule has 0 radical (unpaired) electrons. The third kappa shape index (κ3) is 2.88. The number of carbonyl (C=O) groups is 3. The Labute approximate surface area is 143 Å². The molecule has 1 aromatic carbocycles. The van der Waals surface area contributed by atoms with Gasteiger partial charge in [0.15, 0.2) is 0 Å². The zero-order valence-corrected chi connectivity index (χ0v) is 14.4. The van der Waals surface area contributed by atoms with Crippen molar-refractivity contribution in [3.8, 4) is 0 Å². The van der Waals surface area contributed by atoms with Crippen molar-refractivity contribution in [3.05, 3.63) is 56.8 Å². The Balaban J connectivity index is 2.06. The zero-order chi connectivity index (χ0) is 17.4. The fourth-order valence-electron chi connectivity index (χ4n) is 2.64. The number of barbiturate groups is 1. The zero-order valence-electron chi connectivity index (χ0n) is 13.5. The van der Waals surface area contributed by atoms with Gasteiger partial charge in [0.1, 0.15) is 5.57 Å². The van der Waals surface area contributed by atoms with Crippen LogP contribution in [0, 0.1) is 20.8 Å². The van der Waals surface area contributed by atoms with Crippen LogP contribution >= 0.6 is 11.3 Å². The molecule has 0 saturated carbocycles. The number of hydrogen-bond donors (Lipinski definition) is 1. The van der Waals surface area contributed by atoms with Crippen LogP contribution in [0.3, 0.4) is 0 Å². The summed E-state index contributed by atoms with van der Waals surface area (Å²) < 4.78 is 0. The largest absolute Gasteiger partial charge is 0.335 e. The van der Waals surface area contributed by atoms with E-state index in [1.165, 1.54) is 11.3 Å². The molecule has 0 atom stereocenters. The van der Waals surface area contributed by atoms with Gasteiger partial charge in [-0.1, -0.05) is 6.07 Å². The second-order valence-electron chi connectivity index (χ2n) is 5.77. The van der Waals surface area contributed by atoms with Gasteiger partial charge in [0.25, 0.3) is 11.8 Å². The molecule has 122 valence electrons. The molecule has 5 nitrogen and oxygen atoms in total. The van der Waals surface area contributed by atoms with Gasteiger partial charge >= 0.3 is 6.03 Å². The van der Waals surface area contributed by atoms with E-state index < -0.39 is 17.8 Å². The summed E-state index contributed by atoms with van der Waals surface area (Å²) in [6, 6.07) is 6.62. The number of benzene rings is 1. The summed E-state index contributed by atoms with van der Waals surface area (Å²) >= 11 is 1.44. The number of carbonyl (C=O) groups excluding carboxylic acids is 3. The van der Waals surface area contributed by atoms with Gasteiger partial charge in [-0.25, -0.2) is 9.69 Å². The molecule has 1 fully saturated rings. The molecule has 1 aliphatic rings. The Morgan fingerprint density at radius 1 is 1.04 bits per heavy atom. The van der Waals surface area contributed by atoms with Crippen LogP contribution < -0.4 is 10.2 Å². The van der Waals surface area contributed by atoms with Gasteiger partial charge in [0.2, 0.25) is 0 Å². The minimum absolute atomic E-state index is 0.0423. The average Bonchev–Trinajstić information content (AvgIpc) is 2.87. The Kier molecular flexibility index (Phi) is 4.07. The van der Waals surface area contributed by atoms with Gasteiger partial charge in [-0.15, -0.1) is 11.3 Å². The molecule has 2 heterocycles. The van der Waals surface area contributed by atoms with E-state index in [-0.39, 0.29) is 5.57 Å². The van der Waals surface area contributed by atoms with Crippen molar-refractivity contribution < 1.29 is 14.4 Å². The van der Waals surface area contributed by atoms with Crippen LogP contribution in [0.5, 0.6) is 0 Å². The summed E-state index contributed by atoms with van der Waals surface area (Å²) in [6.45, 7) is 5.68. The molecule has 1 aliphatic heterocycles. The minimum atomic E-state index is -0.727. The minimum Gasteiger partial charge on any atom is -0.273 e. The van der Waals surface area contributed by atoms with Crippen molar-refractivity contribution in [2.24, 2.45) is 0 Å². The topological polar surface area (TPSA) is 66.5 Å². The van der Waals surface area contributed by atoms with Gasteiger partial charge in [0.05, 0.1) is 5.69 Å². The molecule has 2 aromatic rings. The van der Waals surface area contributed by atoms with Crippen molar-refractivity contribution in [2.45, 2.75) is 20.8 Å². The number of aryl methyl sites for hydroxylation is 3. The fourth-order valence-corrected chi connectivity index (χ4v) is 3.49. The number of amides is 4. The Morgan fingerprint density at radius 2 is 1.71 bits per heavy atom. The van der Waals surface area contributed by atoms with Crippen molar-refractivity contribution in [1.82, 2.24) is 5.32 Å². The van der Waals surface area contributed by atoms with E-state index in [4.69, 9.17) is 0 Å². The summed E-state index contributed by atoms with van der Waals surface area (Å²) in [4.78, 5) is 38.9. The highest BCUT2D eigenvalue weighted by atomic mass is 32.1. The highest BCUT2D eigenvalue weighted by Crippen LogP contribution is 2.26. The van der Waals surface area contributed by atoms with Gasteiger partial charge in [0, 0.05) is 4.88 Å². The maximum atomic E-state index is 12.8. The summed E-state index contributed by atoms with van der Waals surface area (Å²) in [5.41, 5.74) is 3.25. The second kappa shape index (κ2) is 6.05. The van der Waals surface area contributed by atoms with E-state index in [2.05, 4.69) is 5.32 Å². The first-order valence-electron chi connectivity index (χ1n) is 7.40. The van der Waals surface area contributed by atoms with Crippen LogP contribution in [0.25, 0.3) is 6.08 Å². The molecule has 6 heteroatoms. The van der Waals surface area contributed by atoms with Crippen LogP contribution in [-0.4, -0.2) is 17.8 Å².